The van der Waals surface area contributed by atoms with Crippen LogP contribution in [0.2, 0.25) is 0 Å². The van der Waals surface area contributed by atoms with E-state index in [0.717, 1.165) is 62.5 Å². The van der Waals surface area contributed by atoms with Gasteiger partial charge in [-0.15, -0.1) is 11.3 Å². The Labute approximate surface area is 398 Å². The number of aliphatic hydroxyl groups excluding tert-OH is 1. The average molecular weight is 946 g/mol. The number of aryl methyl sites for hydroxylation is 1. The summed E-state index contributed by atoms with van der Waals surface area (Å²) in [6.07, 6.45) is 3.21. The van der Waals surface area contributed by atoms with E-state index in [1.54, 1.807) is 60.6 Å². The van der Waals surface area contributed by atoms with Crippen LogP contribution in [0.3, 0.4) is 0 Å². The highest BCUT2D eigenvalue weighted by Crippen LogP contribution is 2.29. The normalized spacial score (nSPS) is 18.0. The highest BCUT2D eigenvalue weighted by Gasteiger charge is 2.44. The number of β-amino-alcohol motifs (C(OH)–C–C–N with tert-alkyl or cyclic N) is 1. The second-order valence-corrected chi connectivity index (χ2v) is 19.6. The number of carbonyl (C=O) groups excluding carboxylic acids is 5. The molecule has 19 heteroatoms. The molecule has 8 rings (SSSR count). The first-order valence-corrected chi connectivity index (χ1v) is 23.9. The van der Waals surface area contributed by atoms with Gasteiger partial charge in [0, 0.05) is 48.7 Å². The van der Waals surface area contributed by atoms with Crippen molar-refractivity contribution in [3.05, 3.63) is 95.0 Å². The number of rotatable bonds is 17. The third-order valence-electron chi connectivity index (χ3n) is 12.6. The Morgan fingerprint density at radius 1 is 1.00 bits per heavy atom. The summed E-state index contributed by atoms with van der Waals surface area (Å²) in [5, 5.41) is 27.2. The zero-order valence-electron chi connectivity index (χ0n) is 39.0. The van der Waals surface area contributed by atoms with E-state index in [-0.39, 0.29) is 32.0 Å². The number of H-pyrrole nitrogens is 1. The van der Waals surface area contributed by atoms with Gasteiger partial charge in [-0.05, 0) is 86.2 Å². The number of hydrogen-bond acceptors (Lipinski definition) is 12. The number of aromatic nitrogens is 5. The van der Waals surface area contributed by atoms with Gasteiger partial charge in [0.15, 0.2) is 0 Å². The number of fused-ring (bicyclic) bond motifs is 2. The number of imidazole rings is 1. The predicted octanol–water partition coefficient (Wildman–Crippen LogP) is 4.52. The van der Waals surface area contributed by atoms with E-state index in [4.69, 9.17) is 9.72 Å². The van der Waals surface area contributed by atoms with Gasteiger partial charge in [0.05, 0.1) is 58.0 Å². The largest absolute Gasteiger partial charge is 0.391 e. The summed E-state index contributed by atoms with van der Waals surface area (Å²) in [7, 11) is 0. The van der Waals surface area contributed by atoms with Gasteiger partial charge in [0.25, 0.3) is 5.91 Å². The standard InChI is InChI=1S/C49H59N11O7S/c1-29-7-6-17-58(29)25-41-55-37-14-13-35(20-38(37)56-41)54-46(64)33-12-15-39-34(19-33)23-53-60(39)18-16-50-42(62)26-67-27-43(63)57-45(49(3,4)5)48(66)59-24-36(61)21-40(59)47(65)51-22-31-8-10-32(11-9-31)44-30(2)52-28-68-44/h8-15,19-20,23,28-29,36,40,45,61H,6-7,16-18,21-22,24-27H2,1-5H3,(H,50,62)(H,51,65)(H,54,64)(H,55,56)(H,57,63)/t29-,36+,40-,45+/m0/s1. The van der Waals surface area contributed by atoms with Crippen molar-refractivity contribution in [1.82, 2.24) is 50.5 Å². The van der Waals surface area contributed by atoms with Gasteiger partial charge in [-0.1, -0.05) is 45.0 Å². The summed E-state index contributed by atoms with van der Waals surface area (Å²) in [6, 6.07) is 17.3. The molecule has 2 aliphatic heterocycles. The van der Waals surface area contributed by atoms with Crippen LogP contribution in [-0.4, -0.2) is 126 Å². The molecule has 0 saturated carbocycles. The van der Waals surface area contributed by atoms with Crippen LogP contribution >= 0.6 is 11.3 Å². The van der Waals surface area contributed by atoms with E-state index in [1.807, 2.05) is 55.5 Å². The van der Waals surface area contributed by atoms with E-state index in [1.165, 1.54) is 17.7 Å². The quantitative estimate of drug-likeness (QED) is 0.0745. The lowest BCUT2D eigenvalue weighted by atomic mass is 9.85. The number of benzene rings is 3. The number of aliphatic hydroxyl groups is 1. The van der Waals surface area contributed by atoms with Crippen molar-refractivity contribution >= 4 is 68.5 Å². The van der Waals surface area contributed by atoms with E-state index in [9.17, 15) is 29.1 Å². The van der Waals surface area contributed by atoms with Gasteiger partial charge in [-0.3, -0.25) is 33.6 Å². The number of likely N-dealkylation sites (tertiary alicyclic amines) is 2. The number of hydrogen-bond donors (Lipinski definition) is 6. The highest BCUT2D eigenvalue weighted by atomic mass is 32.1. The van der Waals surface area contributed by atoms with Crippen molar-refractivity contribution in [3.8, 4) is 10.4 Å². The van der Waals surface area contributed by atoms with Crippen LogP contribution in [0, 0.1) is 12.3 Å². The molecule has 0 spiro atoms. The minimum Gasteiger partial charge on any atom is -0.391 e. The number of amides is 5. The Morgan fingerprint density at radius 3 is 2.53 bits per heavy atom. The monoisotopic (exact) mass is 945 g/mol. The van der Waals surface area contributed by atoms with Gasteiger partial charge in [0.1, 0.15) is 31.1 Å². The molecule has 358 valence electrons. The molecule has 5 heterocycles. The molecular weight excluding hydrogens is 887 g/mol. The molecule has 0 aliphatic carbocycles. The fraction of sp³-hybridized carbons (Fsp3) is 0.429. The van der Waals surface area contributed by atoms with Crippen molar-refractivity contribution in [1.29, 1.82) is 0 Å². The van der Waals surface area contributed by atoms with Crippen molar-refractivity contribution in [2.24, 2.45) is 5.41 Å². The number of nitrogens with one attached hydrogen (secondary N) is 5. The number of ether oxygens (including phenoxy) is 1. The molecular formula is C49H59N11O7S. The first-order valence-electron chi connectivity index (χ1n) is 23.0. The Morgan fingerprint density at radius 2 is 1.79 bits per heavy atom. The summed E-state index contributed by atoms with van der Waals surface area (Å²) >= 11 is 1.56. The van der Waals surface area contributed by atoms with E-state index in [0.29, 0.717) is 23.8 Å². The first kappa shape index (κ1) is 47.9. The number of aromatic amines is 1. The average Bonchev–Trinajstić information content (AvgIpc) is 4.17. The predicted molar refractivity (Wildman–Crippen MR) is 258 cm³/mol. The van der Waals surface area contributed by atoms with Crippen LogP contribution < -0.4 is 21.3 Å². The Balaban J connectivity index is 0.768. The topological polar surface area (TPSA) is 229 Å². The lowest BCUT2D eigenvalue weighted by Crippen LogP contribution is -2.58. The lowest BCUT2D eigenvalue weighted by molar-refractivity contribution is -0.145. The number of thiazole rings is 1. The molecule has 0 bridgehead atoms. The van der Waals surface area contributed by atoms with E-state index in [2.05, 4.69) is 48.2 Å². The molecule has 5 amide bonds. The summed E-state index contributed by atoms with van der Waals surface area (Å²) in [5.41, 5.74) is 7.49. The fourth-order valence-electron chi connectivity index (χ4n) is 8.81. The number of carbonyl (C=O) groups is 5. The second-order valence-electron chi connectivity index (χ2n) is 18.8. The molecule has 2 aliphatic rings. The summed E-state index contributed by atoms with van der Waals surface area (Å²) in [6.45, 7) is 11.2. The molecule has 6 N–H and O–H groups in total. The third kappa shape index (κ3) is 11.4. The molecule has 0 radical (unpaired) electrons. The molecule has 2 fully saturated rings. The smallest absolute Gasteiger partial charge is 0.255 e. The Kier molecular flexibility index (Phi) is 14.6. The molecule has 0 unspecified atom stereocenters. The van der Waals surface area contributed by atoms with E-state index < -0.39 is 60.4 Å². The fourth-order valence-corrected chi connectivity index (χ4v) is 9.62. The van der Waals surface area contributed by atoms with Crippen LogP contribution in [0.15, 0.2) is 72.4 Å². The molecule has 2 saturated heterocycles. The minimum atomic E-state index is -1.05. The Hall–Kier alpha value is -6.54. The van der Waals surface area contributed by atoms with Crippen LogP contribution in [0.5, 0.6) is 0 Å². The zero-order valence-corrected chi connectivity index (χ0v) is 39.8. The first-order chi connectivity index (χ1) is 32.6. The van der Waals surface area contributed by atoms with Crippen molar-refractivity contribution in [2.75, 3.05) is 38.2 Å². The molecule has 6 aromatic rings. The van der Waals surface area contributed by atoms with Crippen LogP contribution in [0.4, 0.5) is 5.69 Å². The van der Waals surface area contributed by atoms with Crippen molar-refractivity contribution in [3.63, 3.8) is 0 Å². The van der Waals surface area contributed by atoms with Crippen LogP contribution in [0.25, 0.3) is 32.4 Å². The maximum atomic E-state index is 14.0. The summed E-state index contributed by atoms with van der Waals surface area (Å²) < 4.78 is 7.14. The summed E-state index contributed by atoms with van der Waals surface area (Å²) in [4.78, 5) is 83.8. The molecule has 3 aromatic carbocycles. The van der Waals surface area contributed by atoms with E-state index >= 15 is 0 Å². The van der Waals surface area contributed by atoms with Crippen LogP contribution in [-0.2, 0) is 43.5 Å². The zero-order chi connectivity index (χ0) is 48.1. The number of nitrogens with zero attached hydrogens (tertiary/aromatic N) is 6. The van der Waals surface area contributed by atoms with Crippen molar-refractivity contribution < 1.29 is 33.8 Å². The lowest BCUT2D eigenvalue weighted by Gasteiger charge is -2.35. The molecule has 68 heavy (non-hydrogen) atoms. The maximum absolute atomic E-state index is 14.0. The van der Waals surface area contributed by atoms with Gasteiger partial charge in [-0.25, -0.2) is 9.97 Å². The van der Waals surface area contributed by atoms with Gasteiger partial charge < -0.3 is 41.0 Å². The van der Waals surface area contributed by atoms with Crippen molar-refractivity contribution in [2.45, 2.75) is 97.7 Å². The van der Waals surface area contributed by atoms with Gasteiger partial charge >= 0.3 is 0 Å². The SMILES string of the molecule is Cc1ncsc1-c1ccc(CNC(=O)[C@@H]2C[C@@H](O)CN2C(=O)[C@@H](NC(=O)COCC(=O)NCCn2ncc3cc(C(=O)Nc4ccc5[nH]c(CN6CCC[C@@H]6C)nc5c4)ccc32)C(C)(C)C)cc1. The molecule has 3 aromatic heterocycles. The van der Waals surface area contributed by atoms with Gasteiger partial charge in [0.2, 0.25) is 23.6 Å². The molecule has 4 atom stereocenters. The highest BCUT2D eigenvalue weighted by molar-refractivity contribution is 7.13. The molecule has 18 nitrogen and oxygen atoms in total. The number of anilines is 1. The van der Waals surface area contributed by atoms with Crippen LogP contribution in [0.1, 0.15) is 74.4 Å². The third-order valence-corrected chi connectivity index (χ3v) is 13.5. The maximum Gasteiger partial charge on any atom is 0.255 e. The Bertz CT molecular complexity index is 2800. The summed E-state index contributed by atoms with van der Waals surface area (Å²) in [5.74, 6) is -1.33. The minimum absolute atomic E-state index is 0.0597. The second kappa shape index (κ2) is 20.8. The van der Waals surface area contributed by atoms with Gasteiger partial charge in [-0.2, -0.15) is 5.10 Å².